The largest absolute Gasteiger partial charge is 0.352 e. The van der Waals surface area contributed by atoms with Crippen molar-refractivity contribution in [1.82, 2.24) is 0 Å². The molecule has 12 heteroatoms. The summed E-state index contributed by atoms with van der Waals surface area (Å²) in [6.07, 6.45) is 6.62. The standard InChI is InChI=1S/2C13H26N2O4/c2*14-5-1-3-11-16-7-13(8-17-11)9-18-12(19-10-13)4-2-6-15/h2*11-12H,1-10,14-15H2. The maximum Gasteiger partial charge on any atom is 0.157 e. The molecule has 0 radical (unpaired) electrons. The summed E-state index contributed by atoms with van der Waals surface area (Å²) in [5.41, 5.74) is 21.6. The average Bonchev–Trinajstić information content (AvgIpc) is 2.97. The Morgan fingerprint density at radius 2 is 0.553 bits per heavy atom. The molecule has 4 heterocycles. The monoisotopic (exact) mass is 548 g/mol. The fraction of sp³-hybridized carbons (Fsp3) is 1.00. The molecule has 0 saturated carbocycles. The van der Waals surface area contributed by atoms with Crippen molar-refractivity contribution >= 4 is 0 Å². The zero-order chi connectivity index (χ0) is 27.1. The van der Waals surface area contributed by atoms with Crippen LogP contribution < -0.4 is 22.9 Å². The third-order valence-electron chi connectivity index (χ3n) is 7.18. The lowest BCUT2D eigenvalue weighted by atomic mass is 9.90. The smallest absolute Gasteiger partial charge is 0.157 e. The molecule has 224 valence electrons. The molecule has 38 heavy (non-hydrogen) atoms. The maximum atomic E-state index is 5.73. The second-order valence-corrected chi connectivity index (χ2v) is 10.9. The molecule has 0 aliphatic carbocycles. The van der Waals surface area contributed by atoms with Crippen LogP contribution >= 0.6 is 0 Å². The van der Waals surface area contributed by atoms with Crippen LogP contribution in [0.15, 0.2) is 0 Å². The number of rotatable bonds is 12. The molecule has 0 aromatic heterocycles. The van der Waals surface area contributed by atoms with Crippen LogP contribution in [0.25, 0.3) is 0 Å². The predicted octanol–water partition coefficient (Wildman–Crippen LogP) is 0.393. The predicted molar refractivity (Wildman–Crippen MR) is 141 cm³/mol. The summed E-state index contributed by atoms with van der Waals surface area (Å²) >= 11 is 0. The zero-order valence-electron chi connectivity index (χ0n) is 23.0. The van der Waals surface area contributed by atoms with E-state index in [2.05, 4.69) is 0 Å². The lowest BCUT2D eigenvalue weighted by Gasteiger charge is -2.43. The average molecular weight is 549 g/mol. The molecular formula is C26H52N4O8. The zero-order valence-corrected chi connectivity index (χ0v) is 23.0. The highest BCUT2D eigenvalue weighted by atomic mass is 16.7. The van der Waals surface area contributed by atoms with E-state index in [1.54, 1.807) is 0 Å². The Labute approximate surface area is 227 Å². The van der Waals surface area contributed by atoms with E-state index in [0.717, 1.165) is 51.4 Å². The van der Waals surface area contributed by atoms with E-state index in [-0.39, 0.29) is 36.0 Å². The molecule has 4 aliphatic rings. The summed E-state index contributed by atoms with van der Waals surface area (Å²) in [5, 5.41) is 0. The quantitative estimate of drug-likeness (QED) is 0.264. The Hall–Kier alpha value is -0.480. The third-order valence-corrected chi connectivity index (χ3v) is 7.18. The first-order valence-corrected chi connectivity index (χ1v) is 14.3. The van der Waals surface area contributed by atoms with E-state index in [1.807, 2.05) is 0 Å². The van der Waals surface area contributed by atoms with Gasteiger partial charge in [0.05, 0.1) is 63.7 Å². The Balaban J connectivity index is 0.000000211. The Kier molecular flexibility index (Phi) is 14.6. The van der Waals surface area contributed by atoms with E-state index in [4.69, 9.17) is 60.8 Å². The van der Waals surface area contributed by atoms with Crippen LogP contribution in [0, 0.1) is 10.8 Å². The van der Waals surface area contributed by atoms with Crippen LogP contribution in [0.1, 0.15) is 51.4 Å². The molecule has 0 bridgehead atoms. The van der Waals surface area contributed by atoms with Crippen molar-refractivity contribution in [3.8, 4) is 0 Å². The molecule has 2 spiro atoms. The van der Waals surface area contributed by atoms with Gasteiger partial charge in [-0.25, -0.2) is 0 Å². The van der Waals surface area contributed by atoms with Crippen molar-refractivity contribution in [3.05, 3.63) is 0 Å². The highest BCUT2D eigenvalue weighted by Gasteiger charge is 2.42. The van der Waals surface area contributed by atoms with Crippen molar-refractivity contribution < 1.29 is 37.9 Å². The van der Waals surface area contributed by atoms with Gasteiger partial charge in [-0.1, -0.05) is 0 Å². The Morgan fingerprint density at radius 3 is 0.711 bits per heavy atom. The molecule has 4 rings (SSSR count). The van der Waals surface area contributed by atoms with Gasteiger partial charge in [0.25, 0.3) is 0 Å². The molecule has 12 nitrogen and oxygen atoms in total. The lowest BCUT2D eigenvalue weighted by molar-refractivity contribution is -0.304. The Morgan fingerprint density at radius 1 is 0.368 bits per heavy atom. The second kappa shape index (κ2) is 17.4. The highest BCUT2D eigenvalue weighted by molar-refractivity contribution is 4.85. The van der Waals surface area contributed by atoms with Gasteiger partial charge in [0.1, 0.15) is 0 Å². The molecule has 0 aromatic rings. The van der Waals surface area contributed by atoms with Gasteiger partial charge in [0.2, 0.25) is 0 Å². The molecule has 4 aliphatic heterocycles. The molecule has 0 unspecified atom stereocenters. The van der Waals surface area contributed by atoms with Gasteiger partial charge >= 0.3 is 0 Å². The molecule has 8 N–H and O–H groups in total. The minimum absolute atomic E-state index is 0.121. The molecule has 0 amide bonds. The topological polar surface area (TPSA) is 178 Å². The van der Waals surface area contributed by atoms with Crippen molar-refractivity contribution in [2.24, 2.45) is 33.8 Å². The second-order valence-electron chi connectivity index (χ2n) is 10.9. The molecule has 4 saturated heterocycles. The van der Waals surface area contributed by atoms with Gasteiger partial charge < -0.3 is 60.8 Å². The van der Waals surface area contributed by atoms with Gasteiger partial charge in [-0.2, -0.15) is 0 Å². The third kappa shape index (κ3) is 10.5. The number of ether oxygens (including phenoxy) is 8. The van der Waals surface area contributed by atoms with Gasteiger partial charge in [-0.15, -0.1) is 0 Å². The van der Waals surface area contributed by atoms with Crippen molar-refractivity contribution in [2.45, 2.75) is 76.5 Å². The van der Waals surface area contributed by atoms with Gasteiger partial charge in [-0.3, -0.25) is 0 Å². The number of hydrogen-bond acceptors (Lipinski definition) is 12. The summed E-state index contributed by atoms with van der Waals surface area (Å²) in [6.45, 7) is 7.73. The van der Waals surface area contributed by atoms with E-state index in [0.29, 0.717) is 79.0 Å². The van der Waals surface area contributed by atoms with E-state index in [1.165, 1.54) is 0 Å². The van der Waals surface area contributed by atoms with Gasteiger partial charge in [-0.05, 0) is 77.5 Å². The van der Waals surface area contributed by atoms with Crippen LogP contribution in [0.4, 0.5) is 0 Å². The summed E-state index contributed by atoms with van der Waals surface area (Å²) < 4.78 is 45.9. The van der Waals surface area contributed by atoms with Crippen molar-refractivity contribution in [3.63, 3.8) is 0 Å². The summed E-state index contributed by atoms with van der Waals surface area (Å²) in [5.74, 6) is 0. The highest BCUT2D eigenvalue weighted by Crippen LogP contribution is 2.33. The minimum atomic E-state index is -0.140. The molecular weight excluding hydrogens is 496 g/mol. The molecule has 4 fully saturated rings. The van der Waals surface area contributed by atoms with Crippen LogP contribution in [0.5, 0.6) is 0 Å². The van der Waals surface area contributed by atoms with Crippen LogP contribution in [-0.2, 0) is 37.9 Å². The van der Waals surface area contributed by atoms with E-state index >= 15 is 0 Å². The van der Waals surface area contributed by atoms with E-state index in [9.17, 15) is 0 Å². The van der Waals surface area contributed by atoms with Crippen molar-refractivity contribution in [2.75, 3.05) is 79.0 Å². The van der Waals surface area contributed by atoms with Crippen LogP contribution in [0.2, 0.25) is 0 Å². The summed E-state index contributed by atoms with van der Waals surface area (Å²) in [7, 11) is 0. The number of nitrogens with two attached hydrogens (primary N) is 4. The number of hydrogen-bond donors (Lipinski definition) is 4. The van der Waals surface area contributed by atoms with Crippen LogP contribution in [0.3, 0.4) is 0 Å². The summed E-state index contributed by atoms with van der Waals surface area (Å²) in [4.78, 5) is 0. The first-order chi connectivity index (χ1) is 18.6. The summed E-state index contributed by atoms with van der Waals surface area (Å²) in [6, 6.07) is 0. The normalized spacial score (nSPS) is 35.7. The van der Waals surface area contributed by atoms with E-state index < -0.39 is 0 Å². The van der Waals surface area contributed by atoms with Gasteiger partial charge in [0.15, 0.2) is 25.2 Å². The first-order valence-electron chi connectivity index (χ1n) is 14.3. The SMILES string of the molecule is NCCCC1OCC2(CO1)COC(CCCN)OC2.NCCCC1OCC2(CO1)COC(CCCN)OC2. The lowest BCUT2D eigenvalue weighted by Crippen LogP contribution is -2.52. The fourth-order valence-corrected chi connectivity index (χ4v) is 4.65. The molecule has 0 atom stereocenters. The van der Waals surface area contributed by atoms with Crippen LogP contribution in [-0.4, -0.2) is 104 Å². The van der Waals surface area contributed by atoms with Crippen molar-refractivity contribution in [1.29, 1.82) is 0 Å². The maximum absolute atomic E-state index is 5.73. The Bertz CT molecular complexity index is 491. The van der Waals surface area contributed by atoms with Gasteiger partial charge in [0, 0.05) is 0 Å². The molecule has 0 aromatic carbocycles. The fourth-order valence-electron chi connectivity index (χ4n) is 4.65. The minimum Gasteiger partial charge on any atom is -0.352 e. The first kappa shape index (κ1) is 32.0.